The molecule has 0 bridgehead atoms. The van der Waals surface area contributed by atoms with Crippen LogP contribution < -0.4 is 10.1 Å². The molecule has 1 saturated heterocycles. The zero-order valence-electron chi connectivity index (χ0n) is 23.8. The minimum absolute atomic E-state index is 0.00140. The van der Waals surface area contributed by atoms with Crippen molar-refractivity contribution in [1.82, 2.24) is 10.3 Å². The van der Waals surface area contributed by atoms with Crippen LogP contribution in [0.4, 0.5) is 4.79 Å². The molecular formula is C32H34N2O7S. The summed E-state index contributed by atoms with van der Waals surface area (Å²) in [6, 6.07) is 19.9. The van der Waals surface area contributed by atoms with E-state index < -0.39 is 21.9 Å². The van der Waals surface area contributed by atoms with Gasteiger partial charge in [-0.05, 0) is 53.9 Å². The van der Waals surface area contributed by atoms with E-state index in [0.717, 1.165) is 16.8 Å². The number of benzene rings is 2. The maximum absolute atomic E-state index is 13.1. The maximum atomic E-state index is 13.1. The highest BCUT2D eigenvalue weighted by Gasteiger charge is 2.55. The highest BCUT2D eigenvalue weighted by atomic mass is 32.2. The predicted molar refractivity (Wildman–Crippen MR) is 158 cm³/mol. The second-order valence-corrected chi connectivity index (χ2v) is 11.7. The van der Waals surface area contributed by atoms with E-state index in [9.17, 15) is 19.2 Å². The summed E-state index contributed by atoms with van der Waals surface area (Å²) in [6.07, 6.45) is 2.28. The van der Waals surface area contributed by atoms with Gasteiger partial charge in [0, 0.05) is 36.7 Å². The van der Waals surface area contributed by atoms with Crippen LogP contribution in [0.2, 0.25) is 0 Å². The lowest BCUT2D eigenvalue weighted by molar-refractivity contribution is -0.151. The van der Waals surface area contributed by atoms with Crippen LogP contribution in [0.1, 0.15) is 55.7 Å². The Morgan fingerprint density at radius 2 is 1.69 bits per heavy atom. The average Bonchev–Trinajstić information content (AvgIpc) is 3.26. The zero-order valence-corrected chi connectivity index (χ0v) is 24.6. The molecule has 2 amide bonds. The van der Waals surface area contributed by atoms with Crippen LogP contribution in [0.5, 0.6) is 5.75 Å². The number of rotatable bonds is 13. The van der Waals surface area contributed by atoms with E-state index in [2.05, 4.69) is 10.3 Å². The van der Waals surface area contributed by atoms with Gasteiger partial charge in [-0.2, -0.15) is 0 Å². The first-order valence-electron chi connectivity index (χ1n) is 13.8. The summed E-state index contributed by atoms with van der Waals surface area (Å²) in [5.74, 6) is -0.816. The molecule has 10 heteroatoms. The maximum Gasteiger partial charge on any atom is 0.333 e. The zero-order chi connectivity index (χ0) is 30.1. The molecule has 1 aromatic heterocycles. The Morgan fingerprint density at radius 1 is 0.952 bits per heavy atom. The van der Waals surface area contributed by atoms with Crippen molar-refractivity contribution in [3.63, 3.8) is 0 Å². The van der Waals surface area contributed by atoms with Gasteiger partial charge in [0.1, 0.15) is 18.5 Å². The van der Waals surface area contributed by atoms with Gasteiger partial charge >= 0.3 is 11.9 Å². The third-order valence-corrected chi connectivity index (χ3v) is 7.73. The number of thioether (sulfide) groups is 1. The van der Waals surface area contributed by atoms with Gasteiger partial charge < -0.3 is 14.2 Å². The summed E-state index contributed by atoms with van der Waals surface area (Å²) < 4.78 is 15.1. The number of ether oxygens (including phenoxy) is 3. The van der Waals surface area contributed by atoms with Crippen LogP contribution in [-0.2, 0) is 43.3 Å². The lowest BCUT2D eigenvalue weighted by Gasteiger charge is -2.22. The fourth-order valence-corrected chi connectivity index (χ4v) is 5.31. The summed E-state index contributed by atoms with van der Waals surface area (Å²) in [5.41, 5.74) is 3.11. The van der Waals surface area contributed by atoms with Gasteiger partial charge in [0.05, 0.1) is 6.61 Å². The molecular weight excluding hydrogens is 556 g/mol. The number of nitrogens with one attached hydrogen (secondary N) is 1. The molecule has 4 rings (SSSR count). The van der Waals surface area contributed by atoms with Gasteiger partial charge in [0.25, 0.3) is 11.1 Å². The van der Waals surface area contributed by atoms with E-state index in [1.54, 1.807) is 30.5 Å². The molecule has 2 heterocycles. The molecule has 1 aliphatic rings. The van der Waals surface area contributed by atoms with E-state index in [0.29, 0.717) is 42.5 Å². The number of nitrogens with zero attached hydrogens (tertiary/aromatic N) is 1. The SMILES string of the molecule is CC(C)CC(=O)OC(C)c1ccc(CCOc2ccc(C[C@]3(C(=O)OCc4ccccc4)SC(=O)NC3=O)cc2)nc1. The molecule has 1 unspecified atom stereocenters. The quantitative estimate of drug-likeness (QED) is 0.207. The van der Waals surface area contributed by atoms with Gasteiger partial charge in [-0.1, -0.05) is 62.4 Å². The minimum Gasteiger partial charge on any atom is -0.493 e. The van der Waals surface area contributed by atoms with Gasteiger partial charge in [0.15, 0.2) is 0 Å². The first-order valence-corrected chi connectivity index (χ1v) is 14.6. The summed E-state index contributed by atoms with van der Waals surface area (Å²) in [6.45, 7) is 6.15. The van der Waals surface area contributed by atoms with Gasteiger partial charge in [-0.15, -0.1) is 0 Å². The molecule has 3 aromatic rings. The van der Waals surface area contributed by atoms with E-state index >= 15 is 0 Å². The Hall–Kier alpha value is -4.18. The van der Waals surface area contributed by atoms with Crippen molar-refractivity contribution in [2.24, 2.45) is 5.92 Å². The minimum atomic E-state index is -1.70. The van der Waals surface area contributed by atoms with Crippen molar-refractivity contribution in [1.29, 1.82) is 0 Å². The third kappa shape index (κ3) is 8.19. The van der Waals surface area contributed by atoms with Crippen molar-refractivity contribution in [2.75, 3.05) is 6.61 Å². The molecule has 220 valence electrons. The van der Waals surface area contributed by atoms with Gasteiger partial charge in [-0.25, -0.2) is 4.79 Å². The Labute approximate surface area is 249 Å². The first kappa shape index (κ1) is 30.8. The molecule has 1 N–H and O–H groups in total. The summed E-state index contributed by atoms with van der Waals surface area (Å²) in [7, 11) is 0. The molecule has 0 aliphatic carbocycles. The van der Waals surface area contributed by atoms with Crippen LogP contribution in [0.25, 0.3) is 0 Å². The molecule has 0 radical (unpaired) electrons. The fourth-order valence-electron chi connectivity index (χ4n) is 4.32. The van der Waals surface area contributed by atoms with Crippen molar-refractivity contribution in [3.05, 3.63) is 95.3 Å². The molecule has 0 spiro atoms. The first-order chi connectivity index (χ1) is 20.1. The molecule has 0 saturated carbocycles. The van der Waals surface area contributed by atoms with E-state index in [1.807, 2.05) is 63.2 Å². The normalized spacial score (nSPS) is 17.0. The Balaban J connectivity index is 1.30. The molecule has 1 fully saturated rings. The van der Waals surface area contributed by atoms with E-state index in [1.165, 1.54) is 0 Å². The van der Waals surface area contributed by atoms with Crippen molar-refractivity contribution < 1.29 is 33.4 Å². The average molecular weight is 591 g/mol. The van der Waals surface area contributed by atoms with Crippen LogP contribution in [0.3, 0.4) is 0 Å². The number of imide groups is 1. The molecule has 1 aliphatic heterocycles. The van der Waals surface area contributed by atoms with E-state index in [4.69, 9.17) is 14.2 Å². The Bertz CT molecular complexity index is 1390. The van der Waals surface area contributed by atoms with Crippen LogP contribution in [0, 0.1) is 5.92 Å². The number of pyridine rings is 1. The standard InChI is InChI=1S/C32H34N2O7S/c1-21(2)17-28(35)41-22(3)25-11-12-26(33-19-25)15-16-39-27-13-9-23(10-14-27)18-32(29(36)34-31(38)42-32)30(37)40-20-24-7-5-4-6-8-24/h4-14,19,21-22H,15-18,20H2,1-3H3,(H,34,36,38)/t22?,32-/m0/s1. The fraction of sp³-hybridized carbons (Fsp3) is 0.344. The number of carbonyl (C=O) groups excluding carboxylic acids is 4. The van der Waals surface area contributed by atoms with Crippen molar-refractivity contribution in [2.45, 2.75) is 57.5 Å². The second-order valence-electron chi connectivity index (χ2n) is 10.5. The van der Waals surface area contributed by atoms with Crippen LogP contribution >= 0.6 is 11.8 Å². The molecule has 2 atom stereocenters. The summed E-state index contributed by atoms with van der Waals surface area (Å²) >= 11 is 0.646. The highest BCUT2D eigenvalue weighted by Crippen LogP contribution is 2.37. The van der Waals surface area contributed by atoms with Crippen LogP contribution in [0.15, 0.2) is 72.9 Å². The second kappa shape index (κ2) is 14.1. The number of hydrogen-bond donors (Lipinski definition) is 1. The highest BCUT2D eigenvalue weighted by molar-refractivity contribution is 8.16. The third-order valence-electron chi connectivity index (χ3n) is 6.60. The lowest BCUT2D eigenvalue weighted by Crippen LogP contribution is -2.46. The number of aromatic nitrogens is 1. The predicted octanol–water partition coefficient (Wildman–Crippen LogP) is 5.36. The largest absolute Gasteiger partial charge is 0.493 e. The smallest absolute Gasteiger partial charge is 0.333 e. The lowest BCUT2D eigenvalue weighted by atomic mass is 9.97. The number of amides is 2. The summed E-state index contributed by atoms with van der Waals surface area (Å²) in [4.78, 5) is 54.2. The topological polar surface area (TPSA) is 121 Å². The Kier molecular flexibility index (Phi) is 10.4. The Morgan fingerprint density at radius 3 is 2.31 bits per heavy atom. The van der Waals surface area contributed by atoms with Crippen LogP contribution in [-0.4, -0.2) is 39.4 Å². The monoisotopic (exact) mass is 590 g/mol. The van der Waals surface area contributed by atoms with E-state index in [-0.39, 0.29) is 31.0 Å². The van der Waals surface area contributed by atoms with Crippen molar-refractivity contribution >= 4 is 34.8 Å². The van der Waals surface area contributed by atoms with Crippen molar-refractivity contribution in [3.8, 4) is 5.75 Å². The number of carbonyl (C=O) groups is 4. The molecule has 9 nitrogen and oxygen atoms in total. The van der Waals surface area contributed by atoms with Gasteiger partial charge in [-0.3, -0.25) is 24.7 Å². The van der Waals surface area contributed by atoms with Gasteiger partial charge in [0.2, 0.25) is 4.75 Å². The molecule has 2 aromatic carbocycles. The number of hydrogen-bond acceptors (Lipinski definition) is 9. The molecule has 42 heavy (non-hydrogen) atoms. The number of esters is 2. The summed E-state index contributed by atoms with van der Waals surface area (Å²) in [5, 5.41) is 1.63.